The van der Waals surface area contributed by atoms with Crippen molar-refractivity contribution < 1.29 is 19.1 Å². The average Bonchev–Trinajstić information content (AvgIpc) is 3.27. The largest absolute Gasteiger partial charge is 0.444 e. The molecule has 3 amide bonds. The summed E-state index contributed by atoms with van der Waals surface area (Å²) in [6.45, 7) is 8.54. The smallest absolute Gasteiger partial charge is 0.407 e. The molecule has 8 nitrogen and oxygen atoms in total. The van der Waals surface area contributed by atoms with Gasteiger partial charge < -0.3 is 25.6 Å². The number of unbranched alkanes of at least 4 members (excludes halogenated alkanes) is 1. The van der Waals surface area contributed by atoms with Crippen molar-refractivity contribution in [2.75, 3.05) is 24.2 Å². The van der Waals surface area contributed by atoms with Crippen molar-refractivity contribution in [1.29, 1.82) is 0 Å². The number of alkyl carbamates (subject to hydrolysis) is 1. The zero-order chi connectivity index (χ0) is 29.6. The van der Waals surface area contributed by atoms with Crippen LogP contribution in [0.25, 0.3) is 11.3 Å². The first-order valence-electron chi connectivity index (χ1n) is 13.9. The Hall–Kier alpha value is -4.59. The van der Waals surface area contributed by atoms with Crippen molar-refractivity contribution >= 4 is 40.6 Å². The molecule has 41 heavy (non-hydrogen) atoms. The first-order valence-corrected chi connectivity index (χ1v) is 13.9. The van der Waals surface area contributed by atoms with Crippen LogP contribution in [0.5, 0.6) is 0 Å². The van der Waals surface area contributed by atoms with Crippen molar-refractivity contribution in [3.63, 3.8) is 0 Å². The third-order valence-corrected chi connectivity index (χ3v) is 6.58. The summed E-state index contributed by atoms with van der Waals surface area (Å²) in [5.74, 6) is -0.321. The maximum atomic E-state index is 13.3. The predicted octanol–water partition coefficient (Wildman–Crippen LogP) is 6.52. The number of carbonyl (C=O) groups is 3. The molecule has 0 aromatic heterocycles. The highest BCUT2D eigenvalue weighted by Crippen LogP contribution is 2.38. The molecule has 3 aromatic rings. The first-order chi connectivity index (χ1) is 19.6. The molecule has 0 saturated carbocycles. The molecule has 3 aromatic carbocycles. The summed E-state index contributed by atoms with van der Waals surface area (Å²) in [7, 11) is 1.80. The standard InChI is InChI=1S/C33H38N4O4/c1-6-7-19-37(5)31(39)24-15-18-27-26(20-24)28(30(38)36-27)29(23-11-9-8-10-12-23)35-25-16-13-22(14-17-25)21-34-32(40)41-33(2,3)4/h8-18,20,35H,6-7,19,21H2,1-5H3,(H,34,40)(H,36,38)/b29-28-. The number of amides is 3. The molecule has 0 saturated heterocycles. The number of hydrogen-bond acceptors (Lipinski definition) is 5. The summed E-state index contributed by atoms with van der Waals surface area (Å²) >= 11 is 0. The van der Waals surface area contributed by atoms with Gasteiger partial charge in [0.05, 0.1) is 11.3 Å². The number of carbonyl (C=O) groups excluding carboxylic acids is 3. The van der Waals surface area contributed by atoms with E-state index in [2.05, 4.69) is 22.9 Å². The summed E-state index contributed by atoms with van der Waals surface area (Å²) in [6, 6.07) is 22.6. The fourth-order valence-electron chi connectivity index (χ4n) is 4.49. The molecule has 1 heterocycles. The molecular formula is C33H38N4O4. The van der Waals surface area contributed by atoms with Gasteiger partial charge in [-0.2, -0.15) is 0 Å². The summed E-state index contributed by atoms with van der Waals surface area (Å²) in [5, 5.41) is 9.16. The van der Waals surface area contributed by atoms with Gasteiger partial charge in [-0.05, 0) is 68.7 Å². The van der Waals surface area contributed by atoms with Crippen LogP contribution in [0.2, 0.25) is 0 Å². The third-order valence-electron chi connectivity index (χ3n) is 6.58. The van der Waals surface area contributed by atoms with Crippen LogP contribution in [-0.2, 0) is 16.1 Å². The molecule has 0 aliphatic carbocycles. The van der Waals surface area contributed by atoms with Crippen molar-refractivity contribution in [3.8, 4) is 0 Å². The molecule has 4 rings (SSSR count). The second-order valence-electron chi connectivity index (χ2n) is 11.1. The number of ether oxygens (including phenoxy) is 1. The molecule has 3 N–H and O–H groups in total. The Morgan fingerprint density at radius 1 is 0.951 bits per heavy atom. The van der Waals surface area contributed by atoms with Crippen LogP contribution in [-0.4, -0.2) is 42.0 Å². The van der Waals surface area contributed by atoms with Gasteiger partial charge >= 0.3 is 6.09 Å². The van der Waals surface area contributed by atoms with Gasteiger partial charge in [0.15, 0.2) is 0 Å². The van der Waals surface area contributed by atoms with Gasteiger partial charge in [0.25, 0.3) is 11.8 Å². The van der Waals surface area contributed by atoms with Gasteiger partial charge in [0.2, 0.25) is 0 Å². The normalized spacial score (nSPS) is 13.6. The van der Waals surface area contributed by atoms with E-state index in [1.54, 1.807) is 30.1 Å². The fourth-order valence-corrected chi connectivity index (χ4v) is 4.49. The molecule has 0 unspecified atom stereocenters. The third kappa shape index (κ3) is 7.54. The number of rotatable bonds is 9. The molecule has 1 aliphatic rings. The number of benzene rings is 3. The topological polar surface area (TPSA) is 99.8 Å². The summed E-state index contributed by atoms with van der Waals surface area (Å²) in [4.78, 5) is 40.2. The monoisotopic (exact) mass is 554 g/mol. The molecule has 214 valence electrons. The van der Waals surface area contributed by atoms with Crippen molar-refractivity contribution in [1.82, 2.24) is 10.2 Å². The molecule has 0 bridgehead atoms. The van der Waals surface area contributed by atoms with E-state index in [4.69, 9.17) is 4.74 Å². The lowest BCUT2D eigenvalue weighted by atomic mass is 9.98. The number of hydrogen-bond donors (Lipinski definition) is 3. The summed E-state index contributed by atoms with van der Waals surface area (Å²) in [5.41, 5.74) is 4.90. The van der Waals surface area contributed by atoms with Crippen LogP contribution in [0.1, 0.15) is 67.6 Å². The zero-order valence-corrected chi connectivity index (χ0v) is 24.3. The van der Waals surface area contributed by atoms with Crippen molar-refractivity contribution in [2.45, 2.75) is 52.7 Å². The summed E-state index contributed by atoms with van der Waals surface area (Å²) in [6.07, 6.45) is 1.45. The van der Waals surface area contributed by atoms with Crippen LogP contribution in [0.4, 0.5) is 16.2 Å². The lowest BCUT2D eigenvalue weighted by Gasteiger charge is -2.19. The second-order valence-corrected chi connectivity index (χ2v) is 11.1. The van der Waals surface area contributed by atoms with Crippen LogP contribution < -0.4 is 16.0 Å². The number of fused-ring (bicyclic) bond motifs is 1. The molecule has 0 spiro atoms. The Balaban J connectivity index is 1.64. The Morgan fingerprint density at radius 2 is 1.66 bits per heavy atom. The van der Waals surface area contributed by atoms with E-state index in [0.29, 0.717) is 41.2 Å². The maximum Gasteiger partial charge on any atom is 0.407 e. The molecule has 8 heteroatoms. The molecule has 1 aliphatic heterocycles. The highest BCUT2D eigenvalue weighted by Gasteiger charge is 2.30. The lowest BCUT2D eigenvalue weighted by Crippen LogP contribution is -2.32. The van der Waals surface area contributed by atoms with E-state index in [-0.39, 0.29) is 11.8 Å². The van der Waals surface area contributed by atoms with Crippen molar-refractivity contribution in [3.05, 3.63) is 95.1 Å². The molecule has 0 fully saturated rings. The highest BCUT2D eigenvalue weighted by molar-refractivity contribution is 6.37. The highest BCUT2D eigenvalue weighted by atomic mass is 16.6. The van der Waals surface area contributed by atoms with E-state index >= 15 is 0 Å². The molecular weight excluding hydrogens is 516 g/mol. The minimum Gasteiger partial charge on any atom is -0.444 e. The van der Waals surface area contributed by atoms with Gasteiger partial charge in [0.1, 0.15) is 5.60 Å². The van der Waals surface area contributed by atoms with E-state index in [1.165, 1.54) is 0 Å². The zero-order valence-electron chi connectivity index (χ0n) is 24.3. The Bertz CT molecular complexity index is 1440. The van der Waals surface area contributed by atoms with Crippen molar-refractivity contribution in [2.24, 2.45) is 0 Å². The van der Waals surface area contributed by atoms with Gasteiger partial charge in [0, 0.05) is 42.6 Å². The number of anilines is 2. The summed E-state index contributed by atoms with van der Waals surface area (Å²) < 4.78 is 5.30. The SMILES string of the molecule is CCCCN(C)C(=O)c1ccc2c(c1)/C(=C(/Nc1ccc(CNC(=O)OC(C)(C)C)cc1)c1ccccc1)C(=O)N2. The quantitative estimate of drug-likeness (QED) is 0.262. The van der Waals surface area contributed by atoms with E-state index in [9.17, 15) is 14.4 Å². The fraction of sp³-hybridized carbons (Fsp3) is 0.303. The number of nitrogens with one attached hydrogen (secondary N) is 3. The van der Waals surface area contributed by atoms with Gasteiger partial charge in [-0.1, -0.05) is 55.8 Å². The van der Waals surface area contributed by atoms with Gasteiger partial charge in [-0.15, -0.1) is 0 Å². The Labute approximate surface area is 241 Å². The molecule has 0 atom stereocenters. The minimum atomic E-state index is -0.566. The van der Waals surface area contributed by atoms with Gasteiger partial charge in [-0.3, -0.25) is 9.59 Å². The maximum absolute atomic E-state index is 13.3. The van der Waals surface area contributed by atoms with E-state index in [1.807, 2.05) is 75.4 Å². The van der Waals surface area contributed by atoms with E-state index in [0.717, 1.165) is 29.7 Å². The average molecular weight is 555 g/mol. The van der Waals surface area contributed by atoms with Crippen LogP contribution in [0.15, 0.2) is 72.8 Å². The Kier molecular flexibility index (Phi) is 9.12. The lowest BCUT2D eigenvalue weighted by molar-refractivity contribution is -0.110. The van der Waals surface area contributed by atoms with Crippen LogP contribution in [0.3, 0.4) is 0 Å². The van der Waals surface area contributed by atoms with Gasteiger partial charge in [-0.25, -0.2) is 4.79 Å². The van der Waals surface area contributed by atoms with E-state index < -0.39 is 11.7 Å². The Morgan fingerprint density at radius 3 is 2.32 bits per heavy atom. The second kappa shape index (κ2) is 12.7. The predicted molar refractivity (Wildman–Crippen MR) is 163 cm³/mol. The number of nitrogens with zero attached hydrogens (tertiary/aromatic N) is 1. The first kappa shape index (κ1) is 29.4. The van der Waals surface area contributed by atoms with Crippen LogP contribution >= 0.6 is 0 Å². The van der Waals surface area contributed by atoms with Crippen LogP contribution in [0, 0.1) is 0 Å². The minimum absolute atomic E-state index is 0.0789. The molecule has 0 radical (unpaired) electrons.